The second kappa shape index (κ2) is 9.48. The van der Waals surface area contributed by atoms with Crippen molar-refractivity contribution in [3.05, 3.63) is 49.9 Å². The number of aromatic nitrogens is 1. The van der Waals surface area contributed by atoms with E-state index in [4.69, 9.17) is 14.2 Å². The molecule has 0 aliphatic carbocycles. The number of carbonyl (C=O) groups is 3. The lowest BCUT2D eigenvalue weighted by molar-refractivity contribution is -0.154. The average Bonchev–Trinajstić information content (AvgIpc) is 3.12. The Morgan fingerprint density at radius 2 is 1.67 bits per heavy atom. The molecule has 3 rings (SSSR count). The normalized spacial score (nSPS) is 20.2. The molecule has 8 nitrogen and oxygen atoms in total. The molecule has 30 heavy (non-hydrogen) atoms. The Balaban J connectivity index is 2.13. The SMILES string of the molecule is CCOC(=O)[C@@H]1[C@@H](c2ccc(C(=O)OC)cc2)c2sc(=O)[nH]c2S[C@H]1C(=O)OCC. The van der Waals surface area contributed by atoms with Gasteiger partial charge in [0.15, 0.2) is 0 Å². The van der Waals surface area contributed by atoms with Crippen LogP contribution in [0.25, 0.3) is 0 Å². The zero-order valence-corrected chi connectivity index (χ0v) is 18.3. The van der Waals surface area contributed by atoms with Crippen molar-refractivity contribution < 1.29 is 28.6 Å². The highest BCUT2D eigenvalue weighted by atomic mass is 32.2. The van der Waals surface area contributed by atoms with E-state index in [0.717, 1.165) is 23.1 Å². The Labute approximate surface area is 180 Å². The highest BCUT2D eigenvalue weighted by Crippen LogP contribution is 2.49. The third-order valence-electron chi connectivity index (χ3n) is 4.62. The van der Waals surface area contributed by atoms with Gasteiger partial charge in [0.25, 0.3) is 0 Å². The van der Waals surface area contributed by atoms with Crippen LogP contribution in [-0.4, -0.2) is 48.5 Å². The van der Waals surface area contributed by atoms with Gasteiger partial charge in [0.05, 0.1) is 36.8 Å². The Hall–Kier alpha value is -2.59. The first-order valence-corrected chi connectivity index (χ1v) is 11.0. The number of esters is 3. The number of ether oxygens (including phenoxy) is 3. The van der Waals surface area contributed by atoms with Gasteiger partial charge < -0.3 is 19.2 Å². The first kappa shape index (κ1) is 22.1. The fourth-order valence-electron chi connectivity index (χ4n) is 3.38. The summed E-state index contributed by atoms with van der Waals surface area (Å²) in [7, 11) is 1.29. The van der Waals surface area contributed by atoms with Crippen molar-refractivity contribution in [2.45, 2.75) is 30.0 Å². The molecule has 160 valence electrons. The van der Waals surface area contributed by atoms with Gasteiger partial charge in [0.2, 0.25) is 0 Å². The summed E-state index contributed by atoms with van der Waals surface area (Å²) in [5, 5.41) is -0.349. The van der Waals surface area contributed by atoms with Crippen LogP contribution in [0.3, 0.4) is 0 Å². The number of thiazole rings is 1. The van der Waals surface area contributed by atoms with Crippen molar-refractivity contribution >= 4 is 41.0 Å². The minimum atomic E-state index is -0.892. The molecule has 1 aliphatic rings. The van der Waals surface area contributed by atoms with E-state index >= 15 is 0 Å². The number of methoxy groups -OCH3 is 1. The molecule has 1 aromatic heterocycles. The molecule has 2 heterocycles. The third kappa shape index (κ3) is 4.29. The molecular weight excluding hydrogens is 430 g/mol. The number of thioether (sulfide) groups is 1. The summed E-state index contributed by atoms with van der Waals surface area (Å²) in [5.74, 6) is -3.08. The van der Waals surface area contributed by atoms with Crippen LogP contribution in [0.15, 0.2) is 34.1 Å². The van der Waals surface area contributed by atoms with Crippen molar-refractivity contribution in [2.24, 2.45) is 5.92 Å². The van der Waals surface area contributed by atoms with Gasteiger partial charge >= 0.3 is 22.8 Å². The van der Waals surface area contributed by atoms with Gasteiger partial charge in [0.1, 0.15) is 5.25 Å². The van der Waals surface area contributed by atoms with Gasteiger partial charge in [-0.1, -0.05) is 35.2 Å². The number of H-pyrrole nitrogens is 1. The summed E-state index contributed by atoms with van der Waals surface area (Å²) in [6.45, 7) is 3.69. The van der Waals surface area contributed by atoms with Gasteiger partial charge in [-0.15, -0.1) is 0 Å². The van der Waals surface area contributed by atoms with Crippen molar-refractivity contribution in [3.8, 4) is 0 Å². The summed E-state index contributed by atoms with van der Waals surface area (Å²) in [6.07, 6.45) is 0. The quantitative estimate of drug-likeness (QED) is 0.527. The molecule has 0 bridgehead atoms. The molecule has 1 aliphatic heterocycles. The standard InChI is InChI=1S/C20H21NO7S2/c1-4-27-18(23)13-12(10-6-8-11(9-7-10)17(22)26-3)14-16(21-20(25)30-14)29-15(13)19(24)28-5-2/h6-9,12-13,15H,4-5H2,1-3H3,(H,21,25)/t12-,13-,15-/m1/s1. The molecule has 0 unspecified atom stereocenters. The number of benzene rings is 1. The van der Waals surface area contributed by atoms with Gasteiger partial charge in [0, 0.05) is 10.8 Å². The van der Waals surface area contributed by atoms with E-state index in [1.807, 2.05) is 0 Å². The lowest BCUT2D eigenvalue weighted by Crippen LogP contribution is -2.41. The van der Waals surface area contributed by atoms with E-state index in [-0.39, 0.29) is 18.1 Å². The molecule has 0 saturated heterocycles. The smallest absolute Gasteiger partial charge is 0.337 e. The van der Waals surface area contributed by atoms with Crippen LogP contribution >= 0.6 is 23.1 Å². The third-order valence-corrected chi connectivity index (χ3v) is 7.02. The van der Waals surface area contributed by atoms with E-state index in [2.05, 4.69) is 4.98 Å². The van der Waals surface area contributed by atoms with Crippen molar-refractivity contribution in [2.75, 3.05) is 20.3 Å². The number of carbonyl (C=O) groups excluding carboxylic acids is 3. The summed E-state index contributed by atoms with van der Waals surface area (Å²) < 4.78 is 15.2. The van der Waals surface area contributed by atoms with E-state index in [1.165, 1.54) is 7.11 Å². The van der Waals surface area contributed by atoms with Crippen LogP contribution in [0.1, 0.15) is 40.6 Å². The zero-order valence-electron chi connectivity index (χ0n) is 16.6. The number of nitrogens with one attached hydrogen (secondary N) is 1. The zero-order chi connectivity index (χ0) is 21.8. The molecule has 0 amide bonds. The van der Waals surface area contributed by atoms with Crippen LogP contribution in [0.4, 0.5) is 0 Å². The number of fused-ring (bicyclic) bond motifs is 1. The molecular formula is C20H21NO7S2. The topological polar surface area (TPSA) is 112 Å². The van der Waals surface area contributed by atoms with E-state index in [0.29, 0.717) is 21.0 Å². The molecule has 0 saturated carbocycles. The minimum absolute atomic E-state index is 0.153. The predicted octanol–water partition coefficient (Wildman–Crippen LogP) is 2.57. The molecule has 1 aromatic carbocycles. The lowest BCUT2D eigenvalue weighted by Gasteiger charge is -2.34. The fraction of sp³-hybridized carbons (Fsp3) is 0.400. The first-order valence-electron chi connectivity index (χ1n) is 9.32. The van der Waals surface area contributed by atoms with Crippen LogP contribution in [0.2, 0.25) is 0 Å². The maximum Gasteiger partial charge on any atom is 0.337 e. The largest absolute Gasteiger partial charge is 0.466 e. The van der Waals surface area contributed by atoms with Crippen molar-refractivity contribution in [3.63, 3.8) is 0 Å². The molecule has 0 radical (unpaired) electrons. The first-order chi connectivity index (χ1) is 14.4. The summed E-state index contributed by atoms with van der Waals surface area (Å²) in [6, 6.07) is 6.55. The highest BCUT2D eigenvalue weighted by Gasteiger charge is 2.49. The Kier molecular flexibility index (Phi) is 6.99. The number of rotatable bonds is 6. The molecule has 3 atom stereocenters. The van der Waals surface area contributed by atoms with Gasteiger partial charge in [-0.2, -0.15) is 0 Å². The molecule has 1 N–H and O–H groups in total. The van der Waals surface area contributed by atoms with E-state index in [1.54, 1.807) is 38.1 Å². The van der Waals surface area contributed by atoms with Crippen molar-refractivity contribution in [1.29, 1.82) is 0 Å². The second-order valence-electron chi connectivity index (χ2n) is 6.37. The summed E-state index contributed by atoms with van der Waals surface area (Å²) in [5.41, 5.74) is 1.02. The molecule has 2 aromatic rings. The van der Waals surface area contributed by atoms with E-state index < -0.39 is 35.0 Å². The minimum Gasteiger partial charge on any atom is -0.466 e. The average molecular weight is 452 g/mol. The monoisotopic (exact) mass is 451 g/mol. The molecule has 0 fully saturated rings. The maximum atomic E-state index is 12.9. The lowest BCUT2D eigenvalue weighted by atomic mass is 9.82. The van der Waals surface area contributed by atoms with Gasteiger partial charge in [-0.05, 0) is 31.5 Å². The maximum absolute atomic E-state index is 12.9. The Morgan fingerprint density at radius 3 is 2.27 bits per heavy atom. The number of hydrogen-bond acceptors (Lipinski definition) is 9. The number of aromatic amines is 1. The second-order valence-corrected chi connectivity index (χ2v) is 8.53. The fourth-order valence-corrected chi connectivity index (χ4v) is 5.84. The Morgan fingerprint density at radius 1 is 1.03 bits per heavy atom. The summed E-state index contributed by atoms with van der Waals surface area (Å²) in [4.78, 5) is 52.6. The highest BCUT2D eigenvalue weighted by molar-refractivity contribution is 8.00. The van der Waals surface area contributed by atoms with Crippen LogP contribution < -0.4 is 4.87 Å². The van der Waals surface area contributed by atoms with Crippen LogP contribution in [0, 0.1) is 5.92 Å². The van der Waals surface area contributed by atoms with Crippen LogP contribution in [-0.2, 0) is 23.8 Å². The van der Waals surface area contributed by atoms with Gasteiger partial charge in [-0.25, -0.2) is 4.79 Å². The van der Waals surface area contributed by atoms with Crippen LogP contribution in [0.5, 0.6) is 0 Å². The summed E-state index contributed by atoms with van der Waals surface area (Å²) >= 11 is 2.09. The molecule has 10 heteroatoms. The number of hydrogen-bond donors (Lipinski definition) is 1. The Bertz CT molecular complexity index is 995. The van der Waals surface area contributed by atoms with Gasteiger partial charge in [-0.3, -0.25) is 14.4 Å². The van der Waals surface area contributed by atoms with Crippen molar-refractivity contribution in [1.82, 2.24) is 4.98 Å². The predicted molar refractivity (Wildman–Crippen MR) is 111 cm³/mol. The van der Waals surface area contributed by atoms with E-state index in [9.17, 15) is 19.2 Å². The molecule has 0 spiro atoms.